The van der Waals surface area contributed by atoms with E-state index in [1.807, 2.05) is 65.3 Å². The van der Waals surface area contributed by atoms with Gasteiger partial charge in [0.15, 0.2) is 11.5 Å². The minimum absolute atomic E-state index is 0.194. The summed E-state index contributed by atoms with van der Waals surface area (Å²) < 4.78 is 19.4. The summed E-state index contributed by atoms with van der Waals surface area (Å²) in [5.74, 6) is 1.83. The highest BCUT2D eigenvalue weighted by atomic mass is 16.6. The normalized spacial score (nSPS) is 14.9. The molecule has 7 heteroatoms. The number of hydrogen-bond donors (Lipinski definition) is 1. The summed E-state index contributed by atoms with van der Waals surface area (Å²) in [6.07, 6.45) is 3.63. The van der Waals surface area contributed by atoms with E-state index in [4.69, 9.17) is 14.2 Å². The molecule has 0 radical (unpaired) electrons. The molecule has 1 aliphatic heterocycles. The summed E-state index contributed by atoms with van der Waals surface area (Å²) in [5, 5.41) is 2.90. The fourth-order valence-electron chi connectivity index (χ4n) is 3.41. The van der Waals surface area contributed by atoms with Crippen LogP contribution < -0.4 is 19.5 Å². The van der Waals surface area contributed by atoms with E-state index in [0.29, 0.717) is 36.8 Å². The molecule has 4 aromatic rings. The Morgan fingerprint density at radius 3 is 2.87 bits per heavy atom. The highest BCUT2D eigenvalue weighted by Gasteiger charge is 2.21. The highest BCUT2D eigenvalue weighted by Crippen LogP contribution is 2.30. The van der Waals surface area contributed by atoms with Crippen molar-refractivity contribution < 1.29 is 19.0 Å². The van der Waals surface area contributed by atoms with Gasteiger partial charge < -0.3 is 23.9 Å². The number of carbonyl (C=O) groups is 1. The molecule has 0 bridgehead atoms. The molecule has 5 rings (SSSR count). The summed E-state index contributed by atoms with van der Waals surface area (Å²) in [6, 6.07) is 20.4. The first-order chi connectivity index (χ1) is 15.2. The second-order valence-electron chi connectivity index (χ2n) is 7.22. The fourth-order valence-corrected chi connectivity index (χ4v) is 3.41. The number of imidazole rings is 1. The molecule has 0 aliphatic carbocycles. The Balaban J connectivity index is 1.17. The number of benzene rings is 2. The van der Waals surface area contributed by atoms with Crippen molar-refractivity contribution in [3.8, 4) is 17.2 Å². The van der Waals surface area contributed by atoms with Crippen LogP contribution >= 0.6 is 0 Å². The van der Waals surface area contributed by atoms with Crippen LogP contribution in [-0.2, 0) is 6.61 Å². The average Bonchev–Trinajstić information content (AvgIpc) is 3.24. The van der Waals surface area contributed by atoms with Gasteiger partial charge in [0.25, 0.3) is 5.91 Å². The summed E-state index contributed by atoms with van der Waals surface area (Å²) >= 11 is 0. The van der Waals surface area contributed by atoms with Gasteiger partial charge in [0, 0.05) is 18.0 Å². The lowest BCUT2D eigenvalue weighted by molar-refractivity contribution is 0.0789. The Labute approximate surface area is 179 Å². The van der Waals surface area contributed by atoms with Gasteiger partial charge in [-0.2, -0.15) is 0 Å². The summed E-state index contributed by atoms with van der Waals surface area (Å²) in [5.41, 5.74) is 2.20. The van der Waals surface area contributed by atoms with E-state index < -0.39 is 0 Å². The molecule has 0 fully saturated rings. The number of nitrogens with one attached hydrogen (secondary N) is 1. The topological polar surface area (TPSA) is 74.1 Å². The van der Waals surface area contributed by atoms with Gasteiger partial charge in [-0.3, -0.25) is 4.79 Å². The SMILES string of the molecule is O=C(NC[C@H]1COc2ccccc2O1)c1cccc(OCc2cn3ccccc3n2)c1. The van der Waals surface area contributed by atoms with E-state index in [1.54, 1.807) is 18.2 Å². The maximum atomic E-state index is 12.6. The second kappa shape index (κ2) is 8.39. The molecule has 156 valence electrons. The monoisotopic (exact) mass is 415 g/mol. The molecule has 2 aromatic heterocycles. The van der Waals surface area contributed by atoms with Crippen molar-refractivity contribution in [2.45, 2.75) is 12.7 Å². The van der Waals surface area contributed by atoms with Gasteiger partial charge in [-0.25, -0.2) is 4.98 Å². The van der Waals surface area contributed by atoms with Crippen LogP contribution in [0.4, 0.5) is 0 Å². The van der Waals surface area contributed by atoms with E-state index in [9.17, 15) is 4.79 Å². The lowest BCUT2D eigenvalue weighted by Gasteiger charge is -2.26. The number of rotatable bonds is 6. The molecule has 1 N–H and O–H groups in total. The van der Waals surface area contributed by atoms with Gasteiger partial charge in [-0.15, -0.1) is 0 Å². The fraction of sp³-hybridized carbons (Fsp3) is 0.167. The smallest absolute Gasteiger partial charge is 0.251 e. The molecule has 3 heterocycles. The van der Waals surface area contributed by atoms with Crippen LogP contribution in [0.5, 0.6) is 17.2 Å². The third-order valence-electron chi connectivity index (χ3n) is 4.95. The predicted molar refractivity (Wildman–Crippen MR) is 115 cm³/mol. The van der Waals surface area contributed by atoms with Crippen molar-refractivity contribution >= 4 is 11.6 Å². The molecule has 2 aromatic carbocycles. The number of ether oxygens (including phenoxy) is 3. The Morgan fingerprint density at radius 2 is 1.97 bits per heavy atom. The summed E-state index contributed by atoms with van der Waals surface area (Å²) in [4.78, 5) is 17.1. The quantitative estimate of drug-likeness (QED) is 0.522. The number of pyridine rings is 1. The number of nitrogens with zero attached hydrogens (tertiary/aromatic N) is 2. The lowest BCUT2D eigenvalue weighted by Crippen LogP contribution is -2.40. The standard InChI is InChI=1S/C24H21N3O4/c28-24(25-13-20-16-30-21-8-1-2-9-22(21)31-20)17-6-5-7-19(12-17)29-15-18-14-27-11-4-3-10-23(27)26-18/h1-12,14,20H,13,15-16H2,(H,25,28)/t20-/m0/s1. The molecule has 0 unspecified atom stereocenters. The maximum absolute atomic E-state index is 12.6. The van der Waals surface area contributed by atoms with E-state index in [0.717, 1.165) is 17.1 Å². The van der Waals surface area contributed by atoms with E-state index in [-0.39, 0.29) is 12.0 Å². The first-order valence-corrected chi connectivity index (χ1v) is 10.1. The van der Waals surface area contributed by atoms with Crippen LogP contribution in [0.15, 0.2) is 79.1 Å². The number of hydrogen-bond acceptors (Lipinski definition) is 5. The van der Waals surface area contributed by atoms with Crippen molar-refractivity contribution in [3.05, 3.63) is 90.4 Å². The van der Waals surface area contributed by atoms with E-state index in [1.165, 1.54) is 0 Å². The first-order valence-electron chi connectivity index (χ1n) is 10.1. The number of aromatic nitrogens is 2. The average molecular weight is 415 g/mol. The lowest BCUT2D eigenvalue weighted by atomic mass is 10.2. The predicted octanol–water partition coefficient (Wildman–Crippen LogP) is 3.48. The van der Waals surface area contributed by atoms with Crippen molar-refractivity contribution in [2.75, 3.05) is 13.2 Å². The van der Waals surface area contributed by atoms with Crippen LogP contribution in [0.3, 0.4) is 0 Å². The minimum Gasteiger partial charge on any atom is -0.487 e. The Bertz CT molecular complexity index is 1190. The number of fused-ring (bicyclic) bond motifs is 2. The molecule has 1 atom stereocenters. The van der Waals surface area contributed by atoms with Crippen LogP contribution in [0, 0.1) is 0 Å². The second-order valence-corrected chi connectivity index (χ2v) is 7.22. The number of para-hydroxylation sites is 2. The summed E-state index contributed by atoms with van der Waals surface area (Å²) in [6.45, 7) is 1.05. The molecule has 1 amide bonds. The number of amides is 1. The van der Waals surface area contributed by atoms with E-state index in [2.05, 4.69) is 10.3 Å². The number of carbonyl (C=O) groups excluding carboxylic acids is 1. The van der Waals surface area contributed by atoms with Gasteiger partial charge >= 0.3 is 0 Å². The molecular weight excluding hydrogens is 394 g/mol. The van der Waals surface area contributed by atoms with Crippen molar-refractivity contribution in [1.82, 2.24) is 14.7 Å². The molecule has 0 saturated carbocycles. The van der Waals surface area contributed by atoms with Crippen LogP contribution in [0.25, 0.3) is 5.65 Å². The van der Waals surface area contributed by atoms with Crippen molar-refractivity contribution in [1.29, 1.82) is 0 Å². The van der Waals surface area contributed by atoms with Gasteiger partial charge in [-0.05, 0) is 42.5 Å². The van der Waals surface area contributed by atoms with Crippen LogP contribution in [-0.4, -0.2) is 34.5 Å². The van der Waals surface area contributed by atoms with Crippen LogP contribution in [0.1, 0.15) is 16.1 Å². The Kier molecular flexibility index (Phi) is 5.14. The van der Waals surface area contributed by atoms with Crippen molar-refractivity contribution in [2.24, 2.45) is 0 Å². The molecular formula is C24H21N3O4. The van der Waals surface area contributed by atoms with E-state index >= 15 is 0 Å². The Hall–Kier alpha value is -4.00. The van der Waals surface area contributed by atoms with Gasteiger partial charge in [0.1, 0.15) is 30.7 Å². The summed E-state index contributed by atoms with van der Waals surface area (Å²) in [7, 11) is 0. The molecule has 0 spiro atoms. The molecule has 31 heavy (non-hydrogen) atoms. The molecule has 7 nitrogen and oxygen atoms in total. The van der Waals surface area contributed by atoms with Gasteiger partial charge in [0.2, 0.25) is 0 Å². The minimum atomic E-state index is -0.242. The van der Waals surface area contributed by atoms with Gasteiger partial charge in [0.05, 0.1) is 12.2 Å². The third-order valence-corrected chi connectivity index (χ3v) is 4.95. The van der Waals surface area contributed by atoms with Gasteiger partial charge in [-0.1, -0.05) is 24.3 Å². The maximum Gasteiger partial charge on any atom is 0.251 e. The zero-order valence-electron chi connectivity index (χ0n) is 16.7. The molecule has 1 aliphatic rings. The zero-order valence-corrected chi connectivity index (χ0v) is 16.7. The first kappa shape index (κ1) is 19.0. The largest absolute Gasteiger partial charge is 0.487 e. The van der Waals surface area contributed by atoms with Crippen LogP contribution in [0.2, 0.25) is 0 Å². The van der Waals surface area contributed by atoms with Crippen molar-refractivity contribution in [3.63, 3.8) is 0 Å². The third kappa shape index (κ3) is 4.30. The zero-order chi connectivity index (χ0) is 21.0. The Morgan fingerprint density at radius 1 is 1.10 bits per heavy atom. The molecule has 0 saturated heterocycles. The highest BCUT2D eigenvalue weighted by molar-refractivity contribution is 5.94.